The summed E-state index contributed by atoms with van der Waals surface area (Å²) in [5, 5.41) is 2.69. The van der Waals surface area contributed by atoms with Gasteiger partial charge in [-0.15, -0.1) is 0 Å². The summed E-state index contributed by atoms with van der Waals surface area (Å²) in [6, 6.07) is 13.1. The second kappa shape index (κ2) is 8.80. The average molecular weight is 497 g/mol. The van der Waals surface area contributed by atoms with E-state index in [0.717, 1.165) is 12.1 Å². The number of carbonyl (C=O) groups excluding carboxylic acids is 1. The van der Waals surface area contributed by atoms with Crippen molar-refractivity contribution in [2.24, 2.45) is 0 Å². The van der Waals surface area contributed by atoms with E-state index in [9.17, 15) is 22.0 Å². The van der Waals surface area contributed by atoms with Crippen LogP contribution in [-0.2, 0) is 10.0 Å². The highest BCUT2D eigenvalue weighted by atomic mass is 79.9. The van der Waals surface area contributed by atoms with E-state index in [-0.39, 0.29) is 5.69 Å². The van der Waals surface area contributed by atoms with Gasteiger partial charge in [0.25, 0.3) is 15.9 Å². The van der Waals surface area contributed by atoms with Gasteiger partial charge >= 0.3 is 0 Å². The zero-order valence-corrected chi connectivity index (χ0v) is 17.9. The maximum atomic E-state index is 13.3. The molecule has 3 rings (SSSR count). The van der Waals surface area contributed by atoms with Gasteiger partial charge in [-0.1, -0.05) is 0 Å². The van der Waals surface area contributed by atoms with Crippen molar-refractivity contribution in [3.8, 4) is 5.75 Å². The van der Waals surface area contributed by atoms with Crippen LogP contribution in [0.5, 0.6) is 5.75 Å². The Morgan fingerprint density at radius 1 is 0.933 bits per heavy atom. The number of anilines is 2. The first-order valence-corrected chi connectivity index (χ1v) is 10.7. The monoisotopic (exact) mass is 496 g/mol. The van der Waals surface area contributed by atoms with E-state index in [1.54, 1.807) is 18.2 Å². The Balaban J connectivity index is 1.73. The molecule has 0 unspecified atom stereocenters. The van der Waals surface area contributed by atoms with Crippen LogP contribution in [0.4, 0.5) is 20.2 Å². The van der Waals surface area contributed by atoms with Crippen molar-refractivity contribution in [1.82, 2.24) is 0 Å². The molecule has 0 heterocycles. The molecule has 0 radical (unpaired) electrons. The van der Waals surface area contributed by atoms with Gasteiger partial charge in [0.05, 0.1) is 17.6 Å². The number of methoxy groups -OCH3 is 1. The van der Waals surface area contributed by atoms with Crippen LogP contribution in [0.15, 0.2) is 70.0 Å². The molecule has 10 heteroatoms. The minimum absolute atomic E-state index is 0.181. The largest absolute Gasteiger partial charge is 0.497 e. The lowest BCUT2D eigenvalue weighted by molar-refractivity contribution is 0.102. The fourth-order valence-electron chi connectivity index (χ4n) is 2.48. The molecular formula is C20H15BrF2N2O4S. The van der Waals surface area contributed by atoms with Gasteiger partial charge in [-0.25, -0.2) is 17.2 Å². The molecule has 3 aromatic rings. The molecule has 30 heavy (non-hydrogen) atoms. The Morgan fingerprint density at radius 3 is 2.23 bits per heavy atom. The van der Waals surface area contributed by atoms with E-state index < -0.39 is 32.5 Å². The van der Waals surface area contributed by atoms with Crippen molar-refractivity contribution in [2.45, 2.75) is 4.90 Å². The van der Waals surface area contributed by atoms with Gasteiger partial charge in [0.1, 0.15) is 5.75 Å². The first-order chi connectivity index (χ1) is 14.2. The SMILES string of the molecule is COc1ccc(Br)c(C(=O)Nc2ccc(NS(=O)(=O)c3ccc(F)c(F)c3)cc2)c1. The second-order valence-electron chi connectivity index (χ2n) is 6.06. The smallest absolute Gasteiger partial charge is 0.261 e. The van der Waals surface area contributed by atoms with Gasteiger partial charge < -0.3 is 10.1 Å². The molecule has 0 spiro atoms. The number of sulfonamides is 1. The lowest BCUT2D eigenvalue weighted by Gasteiger charge is -2.11. The minimum atomic E-state index is -4.11. The average Bonchev–Trinajstić information content (AvgIpc) is 2.71. The molecule has 156 valence electrons. The molecule has 0 aliphatic carbocycles. The molecule has 0 saturated carbocycles. The Labute approximate surface area is 180 Å². The van der Waals surface area contributed by atoms with Crippen LogP contribution in [0.3, 0.4) is 0 Å². The third kappa shape index (κ3) is 4.95. The molecule has 0 aliphatic heterocycles. The lowest BCUT2D eigenvalue weighted by Crippen LogP contribution is -2.14. The normalized spacial score (nSPS) is 11.1. The van der Waals surface area contributed by atoms with Gasteiger partial charge in [0.15, 0.2) is 11.6 Å². The van der Waals surface area contributed by atoms with Gasteiger partial charge in [0.2, 0.25) is 0 Å². The zero-order valence-electron chi connectivity index (χ0n) is 15.4. The van der Waals surface area contributed by atoms with Gasteiger partial charge in [-0.05, 0) is 76.6 Å². The number of halogens is 3. The maximum Gasteiger partial charge on any atom is 0.261 e. The van der Waals surface area contributed by atoms with E-state index in [2.05, 4.69) is 26.0 Å². The molecule has 1 amide bonds. The summed E-state index contributed by atoms with van der Waals surface area (Å²) in [5.41, 5.74) is 0.961. The van der Waals surface area contributed by atoms with Gasteiger partial charge in [0, 0.05) is 15.8 Å². The number of rotatable bonds is 6. The summed E-state index contributed by atoms with van der Waals surface area (Å²) >= 11 is 3.31. The van der Waals surface area contributed by atoms with Crippen molar-refractivity contribution < 1.29 is 26.7 Å². The number of ether oxygens (including phenoxy) is 1. The number of amides is 1. The van der Waals surface area contributed by atoms with Crippen molar-refractivity contribution in [2.75, 3.05) is 17.1 Å². The molecule has 0 fully saturated rings. The minimum Gasteiger partial charge on any atom is -0.497 e. The summed E-state index contributed by atoms with van der Waals surface area (Å²) in [6.07, 6.45) is 0. The highest BCUT2D eigenvalue weighted by Gasteiger charge is 2.17. The number of nitrogens with one attached hydrogen (secondary N) is 2. The molecule has 6 nitrogen and oxygen atoms in total. The van der Waals surface area contributed by atoms with E-state index in [4.69, 9.17) is 4.74 Å². The molecule has 0 saturated heterocycles. The Morgan fingerprint density at radius 2 is 1.60 bits per heavy atom. The Kier molecular flexibility index (Phi) is 6.37. The van der Waals surface area contributed by atoms with E-state index in [1.165, 1.54) is 31.4 Å². The highest BCUT2D eigenvalue weighted by Crippen LogP contribution is 2.24. The first kappa shape index (κ1) is 21.7. The van der Waals surface area contributed by atoms with Crippen molar-refractivity contribution in [1.29, 1.82) is 0 Å². The third-order valence-electron chi connectivity index (χ3n) is 4.01. The summed E-state index contributed by atoms with van der Waals surface area (Å²) in [4.78, 5) is 12.1. The summed E-state index contributed by atoms with van der Waals surface area (Å²) in [6.45, 7) is 0. The highest BCUT2D eigenvalue weighted by molar-refractivity contribution is 9.10. The zero-order chi connectivity index (χ0) is 21.9. The fourth-order valence-corrected chi connectivity index (χ4v) is 3.98. The van der Waals surface area contributed by atoms with Gasteiger partial charge in [-0.3, -0.25) is 9.52 Å². The standard InChI is InChI=1S/C20H15BrF2N2O4S/c1-29-14-6-8-17(21)16(10-14)20(26)24-12-2-4-13(5-3-12)25-30(27,28)15-7-9-18(22)19(23)11-15/h2-11,25H,1H3,(H,24,26). The second-order valence-corrected chi connectivity index (χ2v) is 8.60. The first-order valence-electron chi connectivity index (χ1n) is 8.42. The number of hydrogen-bond donors (Lipinski definition) is 2. The van der Waals surface area contributed by atoms with Crippen LogP contribution in [0.25, 0.3) is 0 Å². The van der Waals surface area contributed by atoms with E-state index in [0.29, 0.717) is 27.5 Å². The molecule has 0 bridgehead atoms. The molecule has 0 aliphatic rings. The lowest BCUT2D eigenvalue weighted by atomic mass is 10.2. The van der Waals surface area contributed by atoms with Crippen LogP contribution in [0.2, 0.25) is 0 Å². The van der Waals surface area contributed by atoms with Gasteiger partial charge in [-0.2, -0.15) is 0 Å². The van der Waals surface area contributed by atoms with Crippen LogP contribution in [0.1, 0.15) is 10.4 Å². The van der Waals surface area contributed by atoms with E-state index >= 15 is 0 Å². The van der Waals surface area contributed by atoms with Crippen molar-refractivity contribution in [3.63, 3.8) is 0 Å². The predicted octanol–water partition coefficient (Wildman–Crippen LogP) is 4.79. The molecule has 3 aromatic carbocycles. The van der Waals surface area contributed by atoms with Crippen LogP contribution >= 0.6 is 15.9 Å². The predicted molar refractivity (Wildman–Crippen MR) is 112 cm³/mol. The van der Waals surface area contributed by atoms with Crippen molar-refractivity contribution in [3.05, 3.63) is 82.3 Å². The fraction of sp³-hybridized carbons (Fsp3) is 0.0500. The third-order valence-corrected chi connectivity index (χ3v) is 6.08. The van der Waals surface area contributed by atoms with Crippen LogP contribution in [0, 0.1) is 11.6 Å². The number of carbonyl (C=O) groups is 1. The number of benzene rings is 3. The Bertz CT molecular complexity index is 1200. The summed E-state index contributed by atoms with van der Waals surface area (Å²) in [7, 11) is -2.62. The summed E-state index contributed by atoms with van der Waals surface area (Å²) < 4.78 is 58.9. The van der Waals surface area contributed by atoms with Crippen molar-refractivity contribution >= 4 is 43.2 Å². The molecule has 0 aromatic heterocycles. The topological polar surface area (TPSA) is 84.5 Å². The quantitative estimate of drug-likeness (QED) is 0.513. The van der Waals surface area contributed by atoms with E-state index in [1.807, 2.05) is 0 Å². The molecular weight excluding hydrogens is 482 g/mol. The maximum absolute atomic E-state index is 13.3. The summed E-state index contributed by atoms with van der Waals surface area (Å²) in [5.74, 6) is -2.28. The van der Waals surface area contributed by atoms with Crippen LogP contribution < -0.4 is 14.8 Å². The molecule has 2 N–H and O–H groups in total. The number of hydrogen-bond acceptors (Lipinski definition) is 4. The molecule has 0 atom stereocenters. The Hall–Kier alpha value is -2.98. The van der Waals surface area contributed by atoms with Crippen LogP contribution in [-0.4, -0.2) is 21.4 Å².